The minimum Gasteiger partial charge on any atom is -0.488 e. The molecule has 0 spiro atoms. The van der Waals surface area contributed by atoms with Crippen molar-refractivity contribution >= 4 is 11.6 Å². The van der Waals surface area contributed by atoms with Crippen molar-refractivity contribution in [1.29, 1.82) is 0 Å². The molecule has 0 radical (unpaired) electrons. The number of halogens is 2. The molecule has 23 heavy (non-hydrogen) atoms. The summed E-state index contributed by atoms with van der Waals surface area (Å²) in [7, 11) is 4.06. The molecule has 1 N–H and O–H groups in total. The molecular weight excluding hydrogens is 315 g/mol. The number of hydrogen-bond acceptors (Lipinski definition) is 3. The van der Waals surface area contributed by atoms with E-state index in [-0.39, 0.29) is 12.4 Å². The van der Waals surface area contributed by atoms with E-state index in [4.69, 9.17) is 16.3 Å². The molecule has 0 fully saturated rings. The van der Waals surface area contributed by atoms with Gasteiger partial charge in [-0.25, -0.2) is 4.39 Å². The SMILES string of the molecule is CN(C)CCNCc1cc(Cl)ccc1OCc1ccccc1F. The van der Waals surface area contributed by atoms with E-state index in [1.807, 2.05) is 26.2 Å². The van der Waals surface area contributed by atoms with Crippen LogP contribution in [-0.2, 0) is 13.2 Å². The molecular formula is C18H22ClFN2O. The van der Waals surface area contributed by atoms with Gasteiger partial charge in [0.05, 0.1) is 0 Å². The zero-order valence-corrected chi connectivity index (χ0v) is 14.2. The third-order valence-electron chi connectivity index (χ3n) is 3.41. The first-order valence-corrected chi connectivity index (χ1v) is 7.94. The summed E-state index contributed by atoms with van der Waals surface area (Å²) >= 11 is 6.07. The first kappa shape index (κ1) is 17.7. The van der Waals surface area contributed by atoms with Crippen molar-refractivity contribution in [3.8, 4) is 5.75 Å². The molecule has 0 aliphatic rings. The monoisotopic (exact) mass is 336 g/mol. The topological polar surface area (TPSA) is 24.5 Å². The maximum atomic E-state index is 13.7. The van der Waals surface area contributed by atoms with Crippen molar-refractivity contribution in [2.45, 2.75) is 13.2 Å². The third-order valence-corrected chi connectivity index (χ3v) is 3.65. The lowest BCUT2D eigenvalue weighted by Gasteiger charge is -2.14. The highest BCUT2D eigenvalue weighted by Crippen LogP contribution is 2.24. The second kappa shape index (κ2) is 8.87. The molecule has 0 heterocycles. The molecule has 2 rings (SSSR count). The van der Waals surface area contributed by atoms with E-state index < -0.39 is 0 Å². The zero-order valence-electron chi connectivity index (χ0n) is 13.5. The number of rotatable bonds is 8. The third kappa shape index (κ3) is 5.82. The molecule has 0 bridgehead atoms. The van der Waals surface area contributed by atoms with Gasteiger partial charge < -0.3 is 15.0 Å². The summed E-state index contributed by atoms with van der Waals surface area (Å²) in [6.07, 6.45) is 0. The number of nitrogens with one attached hydrogen (secondary N) is 1. The van der Waals surface area contributed by atoms with E-state index >= 15 is 0 Å². The van der Waals surface area contributed by atoms with Gasteiger partial charge in [-0.15, -0.1) is 0 Å². The molecule has 0 atom stereocenters. The predicted octanol–water partition coefficient (Wildman–Crippen LogP) is 3.71. The second-order valence-electron chi connectivity index (χ2n) is 5.61. The summed E-state index contributed by atoms with van der Waals surface area (Å²) in [6.45, 7) is 2.66. The van der Waals surface area contributed by atoms with Gasteiger partial charge in [0.1, 0.15) is 18.2 Å². The van der Waals surface area contributed by atoms with E-state index in [9.17, 15) is 4.39 Å². The Morgan fingerprint density at radius 1 is 1.13 bits per heavy atom. The Kier molecular flexibility index (Phi) is 6.84. The van der Waals surface area contributed by atoms with Crippen LogP contribution in [0.4, 0.5) is 4.39 Å². The maximum Gasteiger partial charge on any atom is 0.129 e. The first-order valence-electron chi connectivity index (χ1n) is 7.56. The van der Waals surface area contributed by atoms with Crippen molar-refractivity contribution in [1.82, 2.24) is 10.2 Å². The summed E-state index contributed by atoms with van der Waals surface area (Å²) < 4.78 is 19.5. The van der Waals surface area contributed by atoms with Gasteiger partial charge in [0.2, 0.25) is 0 Å². The van der Waals surface area contributed by atoms with Crippen LogP contribution in [0.15, 0.2) is 42.5 Å². The molecule has 3 nitrogen and oxygen atoms in total. The van der Waals surface area contributed by atoms with E-state index in [1.54, 1.807) is 24.3 Å². The quantitative estimate of drug-likeness (QED) is 0.744. The molecule has 0 aliphatic carbocycles. The molecule has 0 amide bonds. The molecule has 0 aromatic heterocycles. The summed E-state index contributed by atoms with van der Waals surface area (Å²) in [5.74, 6) is 0.460. The number of nitrogens with zero attached hydrogens (tertiary/aromatic N) is 1. The average Bonchev–Trinajstić information content (AvgIpc) is 2.52. The number of ether oxygens (including phenoxy) is 1. The van der Waals surface area contributed by atoms with Crippen molar-refractivity contribution in [3.63, 3.8) is 0 Å². The van der Waals surface area contributed by atoms with Crippen LogP contribution in [0.2, 0.25) is 5.02 Å². The molecule has 0 aliphatic heterocycles. The van der Waals surface area contributed by atoms with Crippen LogP contribution in [0.1, 0.15) is 11.1 Å². The molecule has 2 aromatic rings. The number of hydrogen-bond donors (Lipinski definition) is 1. The Morgan fingerprint density at radius 2 is 1.91 bits per heavy atom. The lowest BCUT2D eigenvalue weighted by Crippen LogP contribution is -2.26. The van der Waals surface area contributed by atoms with E-state index in [2.05, 4.69) is 10.2 Å². The molecule has 5 heteroatoms. The molecule has 124 valence electrons. The minimum atomic E-state index is -0.257. The highest BCUT2D eigenvalue weighted by Gasteiger charge is 2.07. The fraction of sp³-hybridized carbons (Fsp3) is 0.333. The largest absolute Gasteiger partial charge is 0.488 e. The van der Waals surface area contributed by atoms with Crippen LogP contribution in [0.3, 0.4) is 0 Å². The van der Waals surface area contributed by atoms with Crippen LogP contribution in [0.5, 0.6) is 5.75 Å². The van der Waals surface area contributed by atoms with Gasteiger partial charge in [0.15, 0.2) is 0 Å². The van der Waals surface area contributed by atoms with Gasteiger partial charge in [-0.1, -0.05) is 29.8 Å². The molecule has 2 aromatic carbocycles. The Morgan fingerprint density at radius 3 is 2.65 bits per heavy atom. The lowest BCUT2D eigenvalue weighted by molar-refractivity contribution is 0.295. The predicted molar refractivity (Wildman–Crippen MR) is 92.4 cm³/mol. The van der Waals surface area contributed by atoms with E-state index in [0.717, 1.165) is 24.4 Å². The summed E-state index contributed by atoms with van der Waals surface area (Å²) in [6, 6.07) is 12.1. The zero-order chi connectivity index (χ0) is 16.7. The average molecular weight is 337 g/mol. The normalized spacial score (nSPS) is 11.0. The highest BCUT2D eigenvalue weighted by molar-refractivity contribution is 6.30. The first-order chi connectivity index (χ1) is 11.1. The van der Waals surface area contributed by atoms with Crippen molar-refractivity contribution in [3.05, 3.63) is 64.4 Å². The van der Waals surface area contributed by atoms with Crippen LogP contribution in [0.25, 0.3) is 0 Å². The smallest absolute Gasteiger partial charge is 0.129 e. The maximum absolute atomic E-state index is 13.7. The Balaban J connectivity index is 1.99. The van der Waals surface area contributed by atoms with E-state index in [1.165, 1.54) is 6.07 Å². The fourth-order valence-corrected chi connectivity index (χ4v) is 2.32. The van der Waals surface area contributed by atoms with Crippen molar-refractivity contribution < 1.29 is 9.13 Å². The van der Waals surface area contributed by atoms with Gasteiger partial charge in [-0.2, -0.15) is 0 Å². The fourth-order valence-electron chi connectivity index (χ4n) is 2.12. The molecule has 0 saturated heterocycles. The molecule has 0 saturated carbocycles. The van der Waals surface area contributed by atoms with Gasteiger partial charge >= 0.3 is 0 Å². The van der Waals surface area contributed by atoms with Crippen LogP contribution >= 0.6 is 11.6 Å². The van der Waals surface area contributed by atoms with Crippen LogP contribution in [0, 0.1) is 5.82 Å². The van der Waals surface area contributed by atoms with Crippen molar-refractivity contribution in [2.24, 2.45) is 0 Å². The van der Waals surface area contributed by atoms with Gasteiger partial charge in [0, 0.05) is 35.8 Å². The number of likely N-dealkylation sites (N-methyl/N-ethyl adjacent to an activating group) is 1. The van der Waals surface area contributed by atoms with Gasteiger partial charge in [-0.3, -0.25) is 0 Å². The Labute approximate surface area is 142 Å². The van der Waals surface area contributed by atoms with Crippen LogP contribution in [-0.4, -0.2) is 32.1 Å². The summed E-state index contributed by atoms with van der Waals surface area (Å²) in [4.78, 5) is 2.11. The number of benzene rings is 2. The van der Waals surface area contributed by atoms with Crippen molar-refractivity contribution in [2.75, 3.05) is 27.2 Å². The Hall–Kier alpha value is -1.62. The standard InChI is InChI=1S/C18H22ClFN2O/c1-22(2)10-9-21-12-15-11-16(19)7-8-18(15)23-13-14-5-3-4-6-17(14)20/h3-8,11,21H,9-10,12-13H2,1-2H3. The lowest BCUT2D eigenvalue weighted by atomic mass is 10.2. The second-order valence-corrected chi connectivity index (χ2v) is 6.05. The summed E-state index contributed by atoms with van der Waals surface area (Å²) in [5.41, 5.74) is 1.50. The minimum absolute atomic E-state index is 0.193. The van der Waals surface area contributed by atoms with Gasteiger partial charge in [0.25, 0.3) is 0 Å². The highest BCUT2D eigenvalue weighted by atomic mass is 35.5. The van der Waals surface area contributed by atoms with E-state index in [0.29, 0.717) is 17.1 Å². The summed E-state index contributed by atoms with van der Waals surface area (Å²) in [5, 5.41) is 4.02. The Bertz CT molecular complexity index is 634. The van der Waals surface area contributed by atoms with Gasteiger partial charge in [-0.05, 0) is 38.4 Å². The molecule has 0 unspecified atom stereocenters. The van der Waals surface area contributed by atoms with Crippen LogP contribution < -0.4 is 10.1 Å².